The summed E-state index contributed by atoms with van der Waals surface area (Å²) in [5.41, 5.74) is 0.537. The molecule has 2 aromatic rings. The third-order valence-electron chi connectivity index (χ3n) is 2.59. The van der Waals surface area contributed by atoms with Crippen LogP contribution < -0.4 is 0 Å². The third-order valence-corrected chi connectivity index (χ3v) is 3.27. The van der Waals surface area contributed by atoms with Crippen LogP contribution in [-0.4, -0.2) is 5.78 Å². The summed E-state index contributed by atoms with van der Waals surface area (Å²) in [5.74, 6) is -1.61. The van der Waals surface area contributed by atoms with E-state index in [2.05, 4.69) is 0 Å². The zero-order valence-electron chi connectivity index (χ0n) is 10.0. The Balaban J connectivity index is 2.29. The zero-order chi connectivity index (χ0) is 14.7. The predicted molar refractivity (Wildman–Crippen MR) is 76.2 cm³/mol. The first-order valence-electron chi connectivity index (χ1n) is 5.60. The highest BCUT2D eigenvalue weighted by Crippen LogP contribution is 2.28. The minimum absolute atomic E-state index is 0.0742. The minimum Gasteiger partial charge on any atom is -0.289 e. The lowest BCUT2D eigenvalue weighted by Gasteiger charge is -2.03. The van der Waals surface area contributed by atoms with Crippen LogP contribution in [0.4, 0.5) is 8.78 Å². The van der Waals surface area contributed by atoms with E-state index in [-0.39, 0.29) is 21.4 Å². The molecule has 0 saturated heterocycles. The molecule has 0 unspecified atom stereocenters. The van der Waals surface area contributed by atoms with E-state index in [4.69, 9.17) is 23.2 Å². The monoisotopic (exact) mass is 312 g/mol. The topological polar surface area (TPSA) is 17.1 Å². The largest absolute Gasteiger partial charge is 0.289 e. The van der Waals surface area contributed by atoms with E-state index in [1.54, 1.807) is 0 Å². The van der Waals surface area contributed by atoms with Gasteiger partial charge in [-0.25, -0.2) is 8.78 Å². The molecule has 20 heavy (non-hydrogen) atoms. The fraction of sp³-hybridized carbons (Fsp3) is 0. The standard InChI is InChI=1S/C15H8Cl2F2O/c16-11-6-7-12(19)15(17)14(11)13(20)8-3-9-1-4-10(18)5-2-9/h1-8H/b8-3+. The van der Waals surface area contributed by atoms with Gasteiger partial charge in [-0.3, -0.25) is 4.79 Å². The molecule has 1 nitrogen and oxygen atoms in total. The molecule has 0 aromatic heterocycles. The molecule has 0 saturated carbocycles. The van der Waals surface area contributed by atoms with Gasteiger partial charge in [0.1, 0.15) is 11.6 Å². The van der Waals surface area contributed by atoms with Gasteiger partial charge in [-0.2, -0.15) is 0 Å². The number of halogens is 4. The van der Waals surface area contributed by atoms with E-state index < -0.39 is 11.6 Å². The van der Waals surface area contributed by atoms with Gasteiger partial charge >= 0.3 is 0 Å². The Bertz CT molecular complexity index is 679. The number of allylic oxidation sites excluding steroid dienone is 1. The smallest absolute Gasteiger partial charge is 0.188 e. The molecule has 0 spiro atoms. The first-order chi connectivity index (χ1) is 9.49. The van der Waals surface area contributed by atoms with Crippen LogP contribution in [0.2, 0.25) is 10.0 Å². The van der Waals surface area contributed by atoms with Crippen LogP contribution in [0.15, 0.2) is 42.5 Å². The Kier molecular flexibility index (Phi) is 4.53. The molecule has 0 bridgehead atoms. The molecule has 0 radical (unpaired) electrons. The van der Waals surface area contributed by atoms with Gasteiger partial charge in [-0.05, 0) is 35.9 Å². The number of hydrogen-bond donors (Lipinski definition) is 0. The minimum atomic E-state index is -0.713. The Morgan fingerprint density at radius 1 is 1.00 bits per heavy atom. The first-order valence-corrected chi connectivity index (χ1v) is 6.36. The van der Waals surface area contributed by atoms with Crippen LogP contribution >= 0.6 is 23.2 Å². The maximum atomic E-state index is 13.3. The van der Waals surface area contributed by atoms with E-state index in [0.717, 1.165) is 6.07 Å². The second-order valence-electron chi connectivity index (χ2n) is 3.97. The molecule has 0 aliphatic heterocycles. The fourth-order valence-electron chi connectivity index (χ4n) is 1.58. The molecule has 0 N–H and O–H groups in total. The number of rotatable bonds is 3. The summed E-state index contributed by atoms with van der Waals surface area (Å²) in [5, 5.41) is -0.239. The maximum Gasteiger partial charge on any atom is 0.188 e. The molecule has 0 amide bonds. The highest BCUT2D eigenvalue weighted by atomic mass is 35.5. The maximum absolute atomic E-state index is 13.3. The summed E-state index contributed by atoms with van der Waals surface area (Å²) in [6, 6.07) is 7.91. The van der Waals surface area contributed by atoms with E-state index >= 15 is 0 Å². The Labute approximate surface area is 124 Å². The summed E-state index contributed by atoms with van der Waals surface area (Å²) in [4.78, 5) is 12.0. The highest BCUT2D eigenvalue weighted by Gasteiger charge is 2.15. The number of ketones is 1. The Hall–Kier alpha value is -1.71. The lowest BCUT2D eigenvalue weighted by atomic mass is 10.1. The Morgan fingerprint density at radius 3 is 2.30 bits per heavy atom. The lowest BCUT2D eigenvalue weighted by molar-refractivity contribution is 0.104. The van der Waals surface area contributed by atoms with Crippen molar-refractivity contribution in [3.63, 3.8) is 0 Å². The van der Waals surface area contributed by atoms with Crippen LogP contribution in [0.1, 0.15) is 15.9 Å². The second-order valence-corrected chi connectivity index (χ2v) is 4.75. The number of benzene rings is 2. The van der Waals surface area contributed by atoms with Crippen LogP contribution in [-0.2, 0) is 0 Å². The molecular weight excluding hydrogens is 305 g/mol. The number of carbonyl (C=O) groups excluding carboxylic acids is 1. The third kappa shape index (κ3) is 3.24. The van der Waals surface area contributed by atoms with Crippen LogP contribution in [0.3, 0.4) is 0 Å². The average Bonchev–Trinajstić information content (AvgIpc) is 2.43. The number of carbonyl (C=O) groups is 1. The van der Waals surface area contributed by atoms with Crippen molar-refractivity contribution in [2.24, 2.45) is 0 Å². The second kappa shape index (κ2) is 6.16. The van der Waals surface area contributed by atoms with E-state index in [0.29, 0.717) is 5.56 Å². The molecule has 0 aliphatic carbocycles. The zero-order valence-corrected chi connectivity index (χ0v) is 11.6. The Morgan fingerprint density at radius 2 is 1.65 bits per heavy atom. The summed E-state index contributed by atoms with van der Waals surface area (Å²) in [6.45, 7) is 0. The lowest BCUT2D eigenvalue weighted by Crippen LogP contribution is -1.99. The summed E-state index contributed by atoms with van der Waals surface area (Å²) < 4.78 is 26.1. The molecule has 2 aromatic carbocycles. The van der Waals surface area contributed by atoms with Gasteiger partial charge in [0.25, 0.3) is 0 Å². The molecule has 0 heterocycles. The fourth-order valence-corrected chi connectivity index (χ4v) is 2.14. The molecule has 0 fully saturated rings. The van der Waals surface area contributed by atoms with Gasteiger partial charge in [0.05, 0.1) is 15.6 Å². The van der Waals surface area contributed by atoms with Crippen molar-refractivity contribution >= 4 is 35.1 Å². The molecule has 0 atom stereocenters. The van der Waals surface area contributed by atoms with E-state index in [9.17, 15) is 13.6 Å². The summed E-state index contributed by atoms with van der Waals surface area (Å²) in [6.07, 6.45) is 2.68. The van der Waals surface area contributed by atoms with Gasteiger partial charge in [0, 0.05) is 0 Å². The van der Waals surface area contributed by atoms with Gasteiger partial charge in [-0.1, -0.05) is 41.4 Å². The van der Waals surface area contributed by atoms with Crippen molar-refractivity contribution in [2.45, 2.75) is 0 Å². The number of hydrogen-bond acceptors (Lipinski definition) is 1. The SMILES string of the molecule is O=C(/C=C/c1ccc(F)cc1)c1c(Cl)ccc(F)c1Cl. The van der Waals surface area contributed by atoms with Crippen molar-refractivity contribution in [1.29, 1.82) is 0 Å². The van der Waals surface area contributed by atoms with Crippen molar-refractivity contribution in [3.8, 4) is 0 Å². The van der Waals surface area contributed by atoms with Gasteiger partial charge in [0.2, 0.25) is 0 Å². The van der Waals surface area contributed by atoms with Crippen molar-refractivity contribution in [1.82, 2.24) is 0 Å². The van der Waals surface area contributed by atoms with E-state index in [1.807, 2.05) is 0 Å². The van der Waals surface area contributed by atoms with Crippen LogP contribution in [0.5, 0.6) is 0 Å². The molecule has 102 valence electrons. The van der Waals surface area contributed by atoms with Gasteiger partial charge in [0.15, 0.2) is 5.78 Å². The van der Waals surface area contributed by atoms with Crippen molar-refractivity contribution < 1.29 is 13.6 Å². The normalized spacial score (nSPS) is 11.0. The summed E-state index contributed by atoms with van der Waals surface area (Å²) >= 11 is 11.6. The van der Waals surface area contributed by atoms with Gasteiger partial charge < -0.3 is 0 Å². The quantitative estimate of drug-likeness (QED) is 0.434. The first kappa shape index (κ1) is 14.7. The highest BCUT2D eigenvalue weighted by molar-refractivity contribution is 6.40. The molecule has 2 rings (SSSR count). The van der Waals surface area contributed by atoms with Crippen LogP contribution in [0.25, 0.3) is 6.08 Å². The van der Waals surface area contributed by atoms with E-state index in [1.165, 1.54) is 42.5 Å². The molecule has 0 aliphatic rings. The molecule has 5 heteroatoms. The van der Waals surface area contributed by atoms with Gasteiger partial charge in [-0.15, -0.1) is 0 Å². The summed E-state index contributed by atoms with van der Waals surface area (Å²) in [7, 11) is 0. The van der Waals surface area contributed by atoms with Crippen molar-refractivity contribution in [2.75, 3.05) is 0 Å². The molecular formula is C15H8Cl2F2O. The average molecular weight is 313 g/mol. The van der Waals surface area contributed by atoms with Crippen LogP contribution in [0, 0.1) is 11.6 Å². The van der Waals surface area contributed by atoms with Crippen molar-refractivity contribution in [3.05, 3.63) is 75.3 Å². The predicted octanol–water partition coefficient (Wildman–Crippen LogP) is 5.17.